The van der Waals surface area contributed by atoms with Crippen LogP contribution in [-0.2, 0) is 14.8 Å². The second kappa shape index (κ2) is 6.32. The fourth-order valence-corrected chi connectivity index (χ4v) is 4.92. The largest absolute Gasteiger partial charge is 0.353 e. The first-order chi connectivity index (χ1) is 11.7. The maximum absolute atomic E-state index is 13.9. The Morgan fingerprint density at radius 3 is 2.48 bits per heavy atom. The highest BCUT2D eigenvalue weighted by atomic mass is 32.2. The molecule has 0 aromatic heterocycles. The Kier molecular flexibility index (Phi) is 4.61. The van der Waals surface area contributed by atoms with E-state index >= 15 is 0 Å². The van der Waals surface area contributed by atoms with E-state index in [9.17, 15) is 22.0 Å². The zero-order valence-corrected chi connectivity index (χ0v) is 15.1. The number of amides is 1. The summed E-state index contributed by atoms with van der Waals surface area (Å²) in [4.78, 5) is 11.3. The van der Waals surface area contributed by atoms with Crippen LogP contribution in [0.4, 0.5) is 8.78 Å². The van der Waals surface area contributed by atoms with Crippen molar-refractivity contribution in [1.82, 2.24) is 9.62 Å². The van der Waals surface area contributed by atoms with Gasteiger partial charge in [0.15, 0.2) is 0 Å². The molecule has 0 radical (unpaired) electrons. The van der Waals surface area contributed by atoms with Crippen molar-refractivity contribution in [3.63, 3.8) is 0 Å². The van der Waals surface area contributed by atoms with Gasteiger partial charge < -0.3 is 5.32 Å². The lowest BCUT2D eigenvalue weighted by molar-refractivity contribution is -0.124. The second-order valence-electron chi connectivity index (χ2n) is 7.26. The summed E-state index contributed by atoms with van der Waals surface area (Å²) in [5.41, 5.74) is -0.0437. The summed E-state index contributed by atoms with van der Waals surface area (Å²) in [6, 6.07) is 2.58. The number of sulfonamides is 1. The van der Waals surface area contributed by atoms with Gasteiger partial charge in [-0.25, -0.2) is 17.2 Å². The molecule has 1 spiro atoms. The fraction of sp³-hybridized carbons (Fsp3) is 0.588. The molecule has 1 saturated heterocycles. The first kappa shape index (κ1) is 18.3. The van der Waals surface area contributed by atoms with E-state index in [1.54, 1.807) is 0 Å². The van der Waals surface area contributed by atoms with E-state index in [2.05, 4.69) is 5.32 Å². The Hall–Kier alpha value is -1.54. The number of hydrogen-bond donors (Lipinski definition) is 1. The maximum atomic E-state index is 13.9. The predicted octanol–water partition coefficient (Wildman–Crippen LogP) is 2.28. The number of benzene rings is 1. The molecule has 5 nitrogen and oxygen atoms in total. The molecule has 1 aliphatic carbocycles. The Morgan fingerprint density at radius 2 is 1.92 bits per heavy atom. The Balaban J connectivity index is 1.66. The molecule has 1 aromatic carbocycles. The summed E-state index contributed by atoms with van der Waals surface area (Å²) in [6.07, 6.45) is 2.10. The maximum Gasteiger partial charge on any atom is 0.245 e. The zero-order chi connectivity index (χ0) is 18.4. The highest BCUT2D eigenvalue weighted by Crippen LogP contribution is 2.54. The minimum Gasteiger partial charge on any atom is -0.353 e. The molecule has 2 fully saturated rings. The monoisotopic (exact) mass is 372 g/mol. The molecule has 1 N–H and O–H groups in total. The number of hydrogen-bond acceptors (Lipinski definition) is 3. The molecule has 1 amide bonds. The van der Waals surface area contributed by atoms with E-state index in [0.29, 0.717) is 18.9 Å². The first-order valence-electron chi connectivity index (χ1n) is 8.41. The SMILES string of the molecule is CC(C)C(=O)NC1CC12CCN(S(=O)(=O)c1ccc(F)cc1F)CC2. The standard InChI is InChI=1S/C17H22F2N2O3S/c1-11(2)16(22)20-15-10-17(15)5-7-21(8-6-17)25(23,24)14-4-3-12(18)9-13(14)19/h3-4,9,11,15H,5-8,10H2,1-2H3,(H,20,22). The first-order valence-corrected chi connectivity index (χ1v) is 9.85. The predicted molar refractivity (Wildman–Crippen MR) is 88.2 cm³/mol. The molecule has 1 aliphatic heterocycles. The Labute approximate surface area is 146 Å². The van der Waals surface area contributed by atoms with E-state index < -0.39 is 26.6 Å². The summed E-state index contributed by atoms with van der Waals surface area (Å²) in [5.74, 6) is -1.96. The lowest BCUT2D eigenvalue weighted by Gasteiger charge is -2.32. The fourth-order valence-electron chi connectivity index (χ4n) is 3.44. The van der Waals surface area contributed by atoms with Crippen LogP contribution in [0.2, 0.25) is 0 Å². The van der Waals surface area contributed by atoms with Crippen LogP contribution in [0.5, 0.6) is 0 Å². The van der Waals surface area contributed by atoms with Crippen LogP contribution in [0.3, 0.4) is 0 Å². The second-order valence-corrected chi connectivity index (χ2v) is 9.17. The molecular weight excluding hydrogens is 350 g/mol. The van der Waals surface area contributed by atoms with Gasteiger partial charge in [0.1, 0.15) is 16.5 Å². The van der Waals surface area contributed by atoms with Crippen LogP contribution in [0.1, 0.15) is 33.1 Å². The van der Waals surface area contributed by atoms with Gasteiger partial charge >= 0.3 is 0 Å². The smallest absolute Gasteiger partial charge is 0.245 e. The summed E-state index contributed by atoms with van der Waals surface area (Å²) >= 11 is 0. The molecule has 0 bridgehead atoms. The quantitative estimate of drug-likeness (QED) is 0.882. The highest BCUT2D eigenvalue weighted by Gasteiger charge is 2.56. The third-order valence-corrected chi connectivity index (χ3v) is 7.19. The minimum atomic E-state index is -3.98. The van der Waals surface area contributed by atoms with E-state index in [-0.39, 0.29) is 36.4 Å². The van der Waals surface area contributed by atoms with Crippen molar-refractivity contribution >= 4 is 15.9 Å². The van der Waals surface area contributed by atoms with Crippen LogP contribution >= 0.6 is 0 Å². The lowest BCUT2D eigenvalue weighted by atomic mass is 9.94. The van der Waals surface area contributed by atoms with E-state index in [0.717, 1.165) is 18.6 Å². The van der Waals surface area contributed by atoms with Crippen molar-refractivity contribution in [2.75, 3.05) is 13.1 Å². The van der Waals surface area contributed by atoms with Crippen molar-refractivity contribution in [2.24, 2.45) is 11.3 Å². The summed E-state index contributed by atoms with van der Waals surface area (Å²) in [6.45, 7) is 4.20. The van der Waals surface area contributed by atoms with Gasteiger partial charge in [0.05, 0.1) is 0 Å². The van der Waals surface area contributed by atoms with Crippen LogP contribution in [0.25, 0.3) is 0 Å². The molecule has 8 heteroatoms. The third kappa shape index (κ3) is 3.42. The Morgan fingerprint density at radius 1 is 1.28 bits per heavy atom. The van der Waals surface area contributed by atoms with Crippen LogP contribution in [0.15, 0.2) is 23.1 Å². The average Bonchev–Trinajstić information content (AvgIpc) is 3.18. The molecule has 1 saturated carbocycles. The van der Waals surface area contributed by atoms with Gasteiger partial charge in [0.25, 0.3) is 0 Å². The molecule has 3 rings (SSSR count). The number of halogens is 2. The van der Waals surface area contributed by atoms with Crippen molar-refractivity contribution < 1.29 is 22.0 Å². The minimum absolute atomic E-state index is 0.00492. The number of rotatable bonds is 4. The van der Waals surface area contributed by atoms with Crippen molar-refractivity contribution in [1.29, 1.82) is 0 Å². The van der Waals surface area contributed by atoms with Gasteiger partial charge in [0.2, 0.25) is 15.9 Å². The van der Waals surface area contributed by atoms with Gasteiger partial charge in [-0.1, -0.05) is 13.8 Å². The van der Waals surface area contributed by atoms with E-state index in [1.807, 2.05) is 13.8 Å². The molecule has 1 heterocycles. The number of nitrogens with zero attached hydrogens (tertiary/aromatic N) is 1. The molecular formula is C17H22F2N2O3S. The van der Waals surface area contributed by atoms with Crippen molar-refractivity contribution in [3.8, 4) is 0 Å². The van der Waals surface area contributed by atoms with Crippen molar-refractivity contribution in [3.05, 3.63) is 29.8 Å². The van der Waals surface area contributed by atoms with Gasteiger partial charge in [0, 0.05) is 31.1 Å². The van der Waals surface area contributed by atoms with Gasteiger partial charge in [-0.2, -0.15) is 4.31 Å². The van der Waals surface area contributed by atoms with E-state index in [1.165, 1.54) is 4.31 Å². The number of carbonyl (C=O) groups excluding carboxylic acids is 1. The van der Waals surface area contributed by atoms with Gasteiger partial charge in [-0.05, 0) is 36.8 Å². The van der Waals surface area contributed by atoms with Crippen LogP contribution in [-0.4, -0.2) is 37.8 Å². The molecule has 1 atom stereocenters. The van der Waals surface area contributed by atoms with Crippen LogP contribution < -0.4 is 5.32 Å². The zero-order valence-electron chi connectivity index (χ0n) is 14.3. The number of piperidine rings is 1. The summed E-state index contributed by atoms with van der Waals surface area (Å²) in [5, 5.41) is 3.01. The molecule has 1 aromatic rings. The van der Waals surface area contributed by atoms with Crippen molar-refractivity contribution in [2.45, 2.75) is 44.0 Å². The highest BCUT2D eigenvalue weighted by molar-refractivity contribution is 7.89. The van der Waals surface area contributed by atoms with Gasteiger partial charge in [-0.15, -0.1) is 0 Å². The molecule has 1 unspecified atom stereocenters. The summed E-state index contributed by atoms with van der Waals surface area (Å²) < 4.78 is 53.3. The topological polar surface area (TPSA) is 66.5 Å². The molecule has 2 aliphatic rings. The summed E-state index contributed by atoms with van der Waals surface area (Å²) in [7, 11) is -3.98. The van der Waals surface area contributed by atoms with E-state index in [4.69, 9.17) is 0 Å². The lowest BCUT2D eigenvalue weighted by Crippen LogP contribution is -2.42. The Bertz CT molecular complexity index is 787. The normalized spacial score (nSPS) is 23.0. The molecule has 25 heavy (non-hydrogen) atoms. The third-order valence-electron chi connectivity index (χ3n) is 5.26. The average molecular weight is 372 g/mol. The van der Waals surface area contributed by atoms with Crippen LogP contribution in [0, 0.1) is 23.0 Å². The van der Waals surface area contributed by atoms with Gasteiger partial charge in [-0.3, -0.25) is 4.79 Å². The number of nitrogens with one attached hydrogen (secondary N) is 1. The number of carbonyl (C=O) groups is 1. The molecule has 138 valence electrons.